The van der Waals surface area contributed by atoms with Gasteiger partial charge in [0.25, 0.3) is 5.69 Å². The van der Waals surface area contributed by atoms with Crippen LogP contribution in [-0.2, 0) is 0 Å². The van der Waals surface area contributed by atoms with Gasteiger partial charge in [-0.05, 0) is 37.8 Å². The van der Waals surface area contributed by atoms with Crippen LogP contribution >= 0.6 is 0 Å². The number of carbonyl (C=O) groups is 1. The van der Waals surface area contributed by atoms with Crippen molar-refractivity contribution in [1.29, 1.82) is 0 Å². The Morgan fingerprint density at radius 2 is 1.81 bits per heavy atom. The lowest BCUT2D eigenvalue weighted by atomic mass is 9.89. The van der Waals surface area contributed by atoms with E-state index in [0.29, 0.717) is 25.7 Å². The molecular weight excluding hydrogens is 371 g/mol. The highest BCUT2D eigenvalue weighted by molar-refractivity contribution is 5.86. The Labute approximate surface area is 152 Å². The first kappa shape index (κ1) is 20.9. The van der Waals surface area contributed by atoms with Gasteiger partial charge in [0.15, 0.2) is 0 Å². The van der Waals surface area contributed by atoms with Crippen LogP contribution in [0.15, 0.2) is 24.3 Å². The summed E-state index contributed by atoms with van der Waals surface area (Å²) in [5.41, 5.74) is 0.104. The predicted octanol–water partition coefficient (Wildman–Crippen LogP) is 2.90. The molecule has 1 unspecified atom stereocenters. The third-order valence-corrected chi connectivity index (χ3v) is 4.62. The molecule has 8 nitrogen and oxygen atoms in total. The molecular formula is C16H20F3N3O5. The van der Waals surface area contributed by atoms with Crippen LogP contribution in [0, 0.1) is 10.1 Å². The first-order chi connectivity index (χ1) is 12.6. The second-order valence-corrected chi connectivity index (χ2v) is 6.37. The Balaban J connectivity index is 2.03. The minimum absolute atomic E-state index is 0.167. The lowest BCUT2D eigenvalue weighted by Gasteiger charge is -2.37. The smallest absolute Gasteiger partial charge is 0.412 e. The maximum absolute atomic E-state index is 12.7. The summed E-state index contributed by atoms with van der Waals surface area (Å²) in [5.74, 6) is 0. The van der Waals surface area contributed by atoms with Crippen molar-refractivity contribution in [3.63, 3.8) is 0 Å². The number of carboxylic acid groups (broad SMARTS) is 1. The van der Waals surface area contributed by atoms with Gasteiger partial charge in [-0.2, -0.15) is 13.2 Å². The van der Waals surface area contributed by atoms with E-state index in [4.69, 9.17) is 5.11 Å². The Bertz CT molecular complexity index is 660. The third kappa shape index (κ3) is 5.30. The van der Waals surface area contributed by atoms with Crippen molar-refractivity contribution in [2.45, 2.75) is 50.0 Å². The molecule has 1 aromatic carbocycles. The van der Waals surface area contributed by atoms with Crippen LogP contribution in [0.2, 0.25) is 0 Å². The fourth-order valence-corrected chi connectivity index (χ4v) is 3.25. The first-order valence-corrected chi connectivity index (χ1v) is 8.33. The van der Waals surface area contributed by atoms with Gasteiger partial charge in [-0.25, -0.2) is 4.79 Å². The van der Waals surface area contributed by atoms with Gasteiger partial charge < -0.3 is 15.5 Å². The van der Waals surface area contributed by atoms with E-state index in [2.05, 4.69) is 5.32 Å². The molecule has 0 bridgehead atoms. The molecule has 1 aliphatic rings. The summed E-state index contributed by atoms with van der Waals surface area (Å²) < 4.78 is 38.2. The number of hydrogen-bond donors (Lipinski definition) is 3. The highest BCUT2D eigenvalue weighted by Crippen LogP contribution is 2.30. The number of benzene rings is 1. The summed E-state index contributed by atoms with van der Waals surface area (Å²) in [6.07, 6.45) is -4.50. The van der Waals surface area contributed by atoms with Crippen molar-refractivity contribution in [1.82, 2.24) is 5.32 Å². The first-order valence-electron chi connectivity index (χ1n) is 8.33. The maximum atomic E-state index is 12.7. The second kappa shape index (κ2) is 8.53. The summed E-state index contributed by atoms with van der Waals surface area (Å²) in [6, 6.07) is 2.14. The molecule has 2 rings (SSSR count). The number of amides is 1. The second-order valence-electron chi connectivity index (χ2n) is 6.37. The van der Waals surface area contributed by atoms with Crippen molar-refractivity contribution in [3.8, 4) is 0 Å². The molecule has 1 amide bonds. The zero-order valence-electron chi connectivity index (χ0n) is 14.2. The van der Waals surface area contributed by atoms with Gasteiger partial charge in [0.2, 0.25) is 0 Å². The van der Waals surface area contributed by atoms with E-state index in [0.717, 1.165) is 4.90 Å². The fraction of sp³-hybridized carbons (Fsp3) is 0.562. The topological polar surface area (TPSA) is 116 Å². The SMILES string of the molecule is O=C(O)N(c1ccc([N+](=O)[O-])cc1)C1CCC(NC(CO)C(F)(F)F)CC1. The minimum atomic E-state index is -4.56. The molecule has 0 spiro atoms. The van der Waals surface area contributed by atoms with E-state index in [1.165, 1.54) is 24.3 Å². The zero-order chi connectivity index (χ0) is 20.2. The van der Waals surface area contributed by atoms with Crippen LogP contribution in [-0.4, -0.2) is 52.1 Å². The predicted molar refractivity (Wildman–Crippen MR) is 89.7 cm³/mol. The summed E-state index contributed by atoms with van der Waals surface area (Å²) in [4.78, 5) is 22.9. The van der Waals surface area contributed by atoms with Crippen LogP contribution in [0.1, 0.15) is 25.7 Å². The number of halogens is 3. The largest absolute Gasteiger partial charge is 0.465 e. The van der Waals surface area contributed by atoms with E-state index in [1.807, 2.05) is 0 Å². The van der Waals surface area contributed by atoms with E-state index in [-0.39, 0.29) is 11.4 Å². The molecule has 0 heterocycles. The van der Waals surface area contributed by atoms with E-state index >= 15 is 0 Å². The van der Waals surface area contributed by atoms with Gasteiger partial charge in [-0.15, -0.1) is 0 Å². The highest BCUT2D eigenvalue weighted by Gasteiger charge is 2.41. The number of hydrogen-bond acceptors (Lipinski definition) is 5. The lowest BCUT2D eigenvalue weighted by Crippen LogP contribution is -2.52. The third-order valence-electron chi connectivity index (χ3n) is 4.62. The van der Waals surface area contributed by atoms with Crippen molar-refractivity contribution < 1.29 is 33.1 Å². The average Bonchev–Trinajstić information content (AvgIpc) is 2.60. The number of nitro benzene ring substituents is 1. The molecule has 1 fully saturated rings. The molecule has 27 heavy (non-hydrogen) atoms. The monoisotopic (exact) mass is 391 g/mol. The molecule has 11 heteroatoms. The zero-order valence-corrected chi connectivity index (χ0v) is 14.2. The number of anilines is 1. The number of aliphatic hydroxyl groups excluding tert-OH is 1. The van der Waals surface area contributed by atoms with E-state index < -0.39 is 41.9 Å². The number of nitrogens with zero attached hydrogens (tertiary/aromatic N) is 2. The Morgan fingerprint density at radius 1 is 1.26 bits per heavy atom. The van der Waals surface area contributed by atoms with E-state index in [9.17, 15) is 33.2 Å². The number of nitrogens with one attached hydrogen (secondary N) is 1. The molecule has 0 aliphatic heterocycles. The van der Waals surface area contributed by atoms with Gasteiger partial charge in [0, 0.05) is 29.9 Å². The Hall–Kier alpha value is -2.40. The summed E-state index contributed by atoms with van der Waals surface area (Å²) in [5, 5.41) is 31.5. The van der Waals surface area contributed by atoms with Gasteiger partial charge in [0.05, 0.1) is 11.5 Å². The Morgan fingerprint density at radius 3 is 2.22 bits per heavy atom. The highest BCUT2D eigenvalue weighted by atomic mass is 19.4. The maximum Gasteiger partial charge on any atom is 0.412 e. The number of alkyl halides is 3. The van der Waals surface area contributed by atoms with Crippen molar-refractivity contribution in [3.05, 3.63) is 34.4 Å². The molecule has 1 saturated carbocycles. The van der Waals surface area contributed by atoms with Gasteiger partial charge >= 0.3 is 12.3 Å². The normalized spacial score (nSPS) is 21.5. The standard InChI is InChI=1S/C16H20F3N3O5/c17-16(18,19)14(9-23)20-10-1-3-11(4-2-10)21(15(24)25)12-5-7-13(8-6-12)22(26)27/h5-8,10-11,14,20,23H,1-4,9H2,(H,24,25). The van der Waals surface area contributed by atoms with E-state index in [1.54, 1.807) is 0 Å². The van der Waals surface area contributed by atoms with Crippen molar-refractivity contribution in [2.24, 2.45) is 0 Å². The van der Waals surface area contributed by atoms with Crippen LogP contribution in [0.4, 0.5) is 29.3 Å². The van der Waals surface area contributed by atoms with Crippen LogP contribution in [0.5, 0.6) is 0 Å². The number of non-ortho nitro benzene ring substituents is 1. The number of aliphatic hydroxyl groups is 1. The molecule has 1 aliphatic carbocycles. The lowest BCUT2D eigenvalue weighted by molar-refractivity contribution is -0.384. The molecule has 1 aromatic rings. The van der Waals surface area contributed by atoms with Gasteiger partial charge in [-0.1, -0.05) is 0 Å². The van der Waals surface area contributed by atoms with Crippen molar-refractivity contribution >= 4 is 17.5 Å². The molecule has 3 N–H and O–H groups in total. The Kier molecular flexibility index (Phi) is 6.60. The fourth-order valence-electron chi connectivity index (χ4n) is 3.25. The van der Waals surface area contributed by atoms with Crippen LogP contribution in [0.3, 0.4) is 0 Å². The number of rotatable bonds is 6. The summed E-state index contributed by atoms with van der Waals surface area (Å²) >= 11 is 0. The van der Waals surface area contributed by atoms with Crippen LogP contribution < -0.4 is 10.2 Å². The minimum Gasteiger partial charge on any atom is -0.465 e. The van der Waals surface area contributed by atoms with Gasteiger partial charge in [-0.3, -0.25) is 15.0 Å². The van der Waals surface area contributed by atoms with Crippen LogP contribution in [0.25, 0.3) is 0 Å². The summed E-state index contributed by atoms with van der Waals surface area (Å²) in [6.45, 7) is -1.06. The van der Waals surface area contributed by atoms with Gasteiger partial charge in [0.1, 0.15) is 6.04 Å². The quantitative estimate of drug-likeness (QED) is 0.507. The molecule has 0 saturated heterocycles. The van der Waals surface area contributed by atoms with Crippen molar-refractivity contribution in [2.75, 3.05) is 11.5 Å². The number of nitro groups is 1. The molecule has 0 radical (unpaired) electrons. The summed E-state index contributed by atoms with van der Waals surface area (Å²) in [7, 11) is 0. The average molecular weight is 391 g/mol. The molecule has 150 valence electrons. The molecule has 1 atom stereocenters. The molecule has 0 aromatic heterocycles.